The van der Waals surface area contributed by atoms with E-state index in [1.807, 2.05) is 18.2 Å². The molecule has 0 radical (unpaired) electrons. The van der Waals surface area contributed by atoms with Crippen LogP contribution in [0, 0.1) is 0 Å². The number of carbonyl (C=O) groups is 2. The van der Waals surface area contributed by atoms with Crippen LogP contribution in [0.5, 0.6) is 0 Å². The van der Waals surface area contributed by atoms with Gasteiger partial charge in [0.05, 0.1) is 0 Å². The lowest BCUT2D eigenvalue weighted by atomic mass is 9.96. The van der Waals surface area contributed by atoms with Crippen molar-refractivity contribution >= 4 is 11.9 Å². The van der Waals surface area contributed by atoms with Gasteiger partial charge in [-0.25, -0.2) is 0 Å². The van der Waals surface area contributed by atoms with Crippen molar-refractivity contribution in [3.8, 4) is 0 Å². The molecule has 0 fully saturated rings. The smallest absolute Gasteiger partial charge is 0.303 e. The van der Waals surface area contributed by atoms with Crippen molar-refractivity contribution in [1.82, 2.24) is 5.32 Å². The molecular formula is C13H15NO3. The monoisotopic (exact) mass is 233 g/mol. The summed E-state index contributed by atoms with van der Waals surface area (Å²) in [6.45, 7) is 0.699. The summed E-state index contributed by atoms with van der Waals surface area (Å²) in [5, 5.41) is 11.4. The van der Waals surface area contributed by atoms with Crippen LogP contribution in [0.3, 0.4) is 0 Å². The Morgan fingerprint density at radius 3 is 3.00 bits per heavy atom. The number of hydrogen-bond donors (Lipinski definition) is 2. The zero-order chi connectivity index (χ0) is 12.3. The minimum absolute atomic E-state index is 0.0219. The standard InChI is InChI=1S/C13H15NO3/c15-12(16)3-1-2-9-4-5-10-6-7-14-13(17)11(10)8-9/h4-5,8H,1-3,6-7H2,(H,14,17)(H,15,16). The number of fused-ring (bicyclic) bond motifs is 1. The molecule has 1 aromatic rings. The van der Waals surface area contributed by atoms with Crippen molar-refractivity contribution in [1.29, 1.82) is 0 Å². The molecule has 1 heterocycles. The minimum Gasteiger partial charge on any atom is -0.481 e. The molecule has 4 nitrogen and oxygen atoms in total. The van der Waals surface area contributed by atoms with Crippen molar-refractivity contribution in [3.63, 3.8) is 0 Å². The van der Waals surface area contributed by atoms with Crippen molar-refractivity contribution in [2.75, 3.05) is 6.54 Å². The highest BCUT2D eigenvalue weighted by molar-refractivity contribution is 5.96. The highest BCUT2D eigenvalue weighted by Gasteiger charge is 2.16. The summed E-state index contributed by atoms with van der Waals surface area (Å²) < 4.78 is 0. The number of carboxylic acid groups (broad SMARTS) is 1. The maximum atomic E-state index is 11.6. The number of carboxylic acids is 1. The third-order valence-electron chi connectivity index (χ3n) is 2.95. The van der Waals surface area contributed by atoms with Crippen LogP contribution in [-0.2, 0) is 17.6 Å². The Hall–Kier alpha value is -1.84. The van der Waals surface area contributed by atoms with Crippen molar-refractivity contribution in [2.45, 2.75) is 25.7 Å². The SMILES string of the molecule is O=C(O)CCCc1ccc2c(c1)C(=O)NCC2. The van der Waals surface area contributed by atoms with Gasteiger partial charge in [-0.3, -0.25) is 9.59 Å². The minimum atomic E-state index is -0.777. The Balaban J connectivity index is 2.07. The fourth-order valence-corrected chi connectivity index (χ4v) is 2.06. The number of rotatable bonds is 4. The molecule has 0 bridgehead atoms. The second kappa shape index (κ2) is 4.99. The van der Waals surface area contributed by atoms with E-state index in [0.29, 0.717) is 19.4 Å². The molecule has 0 spiro atoms. The molecule has 0 saturated heterocycles. The number of aryl methyl sites for hydroxylation is 1. The average Bonchev–Trinajstić information content (AvgIpc) is 2.30. The highest BCUT2D eigenvalue weighted by Crippen LogP contribution is 2.17. The van der Waals surface area contributed by atoms with Gasteiger partial charge in [0, 0.05) is 18.5 Å². The molecule has 2 rings (SSSR count). The molecule has 90 valence electrons. The Kier molecular flexibility index (Phi) is 3.42. The molecule has 1 amide bonds. The molecule has 0 aromatic heterocycles. The number of amides is 1. The first kappa shape index (κ1) is 11.6. The molecule has 1 aromatic carbocycles. The lowest BCUT2D eigenvalue weighted by Gasteiger charge is -2.17. The van der Waals surface area contributed by atoms with Gasteiger partial charge in [-0.1, -0.05) is 12.1 Å². The van der Waals surface area contributed by atoms with Gasteiger partial charge in [0.1, 0.15) is 0 Å². The van der Waals surface area contributed by atoms with Crippen LogP contribution in [-0.4, -0.2) is 23.5 Å². The van der Waals surface area contributed by atoms with Gasteiger partial charge in [0.25, 0.3) is 5.91 Å². The molecule has 0 unspecified atom stereocenters. The third-order valence-corrected chi connectivity index (χ3v) is 2.95. The summed E-state index contributed by atoms with van der Waals surface area (Å²) in [6, 6.07) is 5.84. The molecule has 0 atom stereocenters. The largest absolute Gasteiger partial charge is 0.481 e. The normalized spacial score (nSPS) is 14.0. The van der Waals surface area contributed by atoms with Gasteiger partial charge in [-0.15, -0.1) is 0 Å². The molecule has 2 N–H and O–H groups in total. The molecule has 0 aliphatic carbocycles. The van der Waals surface area contributed by atoms with E-state index in [4.69, 9.17) is 5.11 Å². The topological polar surface area (TPSA) is 66.4 Å². The van der Waals surface area contributed by atoms with Gasteiger partial charge in [-0.05, 0) is 36.5 Å². The summed E-state index contributed by atoms with van der Waals surface area (Å²) in [4.78, 5) is 22.0. The maximum absolute atomic E-state index is 11.6. The quantitative estimate of drug-likeness (QED) is 0.825. The Labute approximate surface area is 99.6 Å². The molecule has 1 aliphatic rings. The van der Waals surface area contributed by atoms with Gasteiger partial charge in [0.2, 0.25) is 0 Å². The van der Waals surface area contributed by atoms with Gasteiger partial charge >= 0.3 is 5.97 Å². The molecular weight excluding hydrogens is 218 g/mol. The van der Waals surface area contributed by atoms with E-state index in [2.05, 4.69) is 5.32 Å². The second-order valence-electron chi connectivity index (χ2n) is 4.24. The number of hydrogen-bond acceptors (Lipinski definition) is 2. The number of aliphatic carboxylic acids is 1. The lowest BCUT2D eigenvalue weighted by Crippen LogP contribution is -2.31. The van der Waals surface area contributed by atoms with Crippen LogP contribution in [0.2, 0.25) is 0 Å². The fourth-order valence-electron chi connectivity index (χ4n) is 2.06. The van der Waals surface area contributed by atoms with E-state index in [0.717, 1.165) is 23.1 Å². The van der Waals surface area contributed by atoms with E-state index in [1.165, 1.54) is 0 Å². The zero-order valence-corrected chi connectivity index (χ0v) is 9.53. The van der Waals surface area contributed by atoms with Crippen molar-refractivity contribution in [2.24, 2.45) is 0 Å². The van der Waals surface area contributed by atoms with Gasteiger partial charge in [0.15, 0.2) is 0 Å². The lowest BCUT2D eigenvalue weighted by molar-refractivity contribution is -0.137. The summed E-state index contributed by atoms with van der Waals surface area (Å²) in [5.41, 5.74) is 2.85. The van der Waals surface area contributed by atoms with Gasteiger partial charge < -0.3 is 10.4 Å². The molecule has 0 saturated carbocycles. The summed E-state index contributed by atoms with van der Waals surface area (Å²) >= 11 is 0. The summed E-state index contributed by atoms with van der Waals surface area (Å²) in [5.74, 6) is -0.799. The Bertz CT molecular complexity index is 454. The molecule has 17 heavy (non-hydrogen) atoms. The van der Waals surface area contributed by atoms with E-state index in [1.54, 1.807) is 0 Å². The molecule has 1 aliphatic heterocycles. The summed E-state index contributed by atoms with van der Waals surface area (Å²) in [6.07, 6.45) is 2.35. The fraction of sp³-hybridized carbons (Fsp3) is 0.385. The average molecular weight is 233 g/mol. The van der Waals surface area contributed by atoms with Crippen molar-refractivity contribution in [3.05, 3.63) is 34.9 Å². The third kappa shape index (κ3) is 2.84. The highest BCUT2D eigenvalue weighted by atomic mass is 16.4. The first-order chi connectivity index (χ1) is 8.16. The number of benzene rings is 1. The van der Waals surface area contributed by atoms with Crippen LogP contribution in [0.4, 0.5) is 0 Å². The van der Waals surface area contributed by atoms with Crippen LogP contribution in [0.25, 0.3) is 0 Å². The second-order valence-corrected chi connectivity index (χ2v) is 4.24. The van der Waals surface area contributed by atoms with Crippen LogP contribution in [0.15, 0.2) is 18.2 Å². The van der Waals surface area contributed by atoms with Gasteiger partial charge in [-0.2, -0.15) is 0 Å². The summed E-state index contributed by atoms with van der Waals surface area (Å²) in [7, 11) is 0. The van der Waals surface area contributed by atoms with Crippen LogP contribution < -0.4 is 5.32 Å². The Morgan fingerprint density at radius 1 is 1.41 bits per heavy atom. The first-order valence-electron chi connectivity index (χ1n) is 5.78. The predicted octanol–water partition coefficient (Wildman–Crippen LogP) is 1.38. The van der Waals surface area contributed by atoms with Crippen LogP contribution >= 0.6 is 0 Å². The number of carbonyl (C=O) groups excluding carboxylic acids is 1. The van der Waals surface area contributed by atoms with E-state index < -0.39 is 5.97 Å². The van der Waals surface area contributed by atoms with E-state index >= 15 is 0 Å². The maximum Gasteiger partial charge on any atom is 0.303 e. The predicted molar refractivity (Wildman–Crippen MR) is 63.1 cm³/mol. The molecule has 4 heteroatoms. The van der Waals surface area contributed by atoms with Crippen molar-refractivity contribution < 1.29 is 14.7 Å². The first-order valence-corrected chi connectivity index (χ1v) is 5.78. The van der Waals surface area contributed by atoms with E-state index in [-0.39, 0.29) is 12.3 Å². The van der Waals surface area contributed by atoms with Crippen LogP contribution in [0.1, 0.15) is 34.3 Å². The number of nitrogens with one attached hydrogen (secondary N) is 1. The zero-order valence-electron chi connectivity index (χ0n) is 9.53. The van der Waals surface area contributed by atoms with E-state index in [9.17, 15) is 9.59 Å². The Morgan fingerprint density at radius 2 is 2.24 bits per heavy atom.